The number of hydrogen-bond donors (Lipinski definition) is 1. The number of ether oxygens (including phenoxy) is 2. The van der Waals surface area contributed by atoms with E-state index in [2.05, 4.69) is 10.3 Å². The fourth-order valence-corrected chi connectivity index (χ4v) is 2.86. The van der Waals surface area contributed by atoms with E-state index < -0.39 is 0 Å². The molecule has 0 atom stereocenters. The van der Waals surface area contributed by atoms with Gasteiger partial charge in [0, 0.05) is 7.05 Å². The lowest BCUT2D eigenvalue weighted by molar-refractivity contribution is 0.0967. The summed E-state index contributed by atoms with van der Waals surface area (Å²) in [4.78, 5) is 16.2. The number of thiazole rings is 1. The molecule has 0 aliphatic heterocycles. The molecule has 2 rings (SSSR count). The van der Waals surface area contributed by atoms with E-state index in [-0.39, 0.29) is 5.91 Å². The van der Waals surface area contributed by atoms with E-state index in [1.807, 2.05) is 18.2 Å². The Morgan fingerprint density at radius 2 is 2.09 bits per heavy atom. The van der Waals surface area contributed by atoms with Crippen LogP contribution in [0.15, 0.2) is 18.3 Å². The number of benzene rings is 1. The Morgan fingerprint density at radius 1 is 1.32 bits per heavy atom. The molecule has 1 heterocycles. The molecule has 1 N–H and O–H groups in total. The number of aromatic nitrogens is 1. The van der Waals surface area contributed by atoms with Gasteiger partial charge in [0.05, 0.1) is 25.4 Å². The van der Waals surface area contributed by atoms with E-state index in [0.717, 1.165) is 10.6 Å². The van der Waals surface area contributed by atoms with Crippen molar-refractivity contribution in [3.63, 3.8) is 0 Å². The standard InChI is InChI=1S/C15H15ClN2O3S/c1-17-15(19)12-8-18-13(22-12)5-4-9-6-10(16)14(21-3)11(7-9)20-2/h4-8H,1-3H3,(H,17,19)/b5-4-. The van der Waals surface area contributed by atoms with Crippen molar-refractivity contribution in [2.75, 3.05) is 21.3 Å². The van der Waals surface area contributed by atoms with Crippen LogP contribution in [0.25, 0.3) is 12.2 Å². The Morgan fingerprint density at radius 3 is 2.73 bits per heavy atom. The number of nitrogens with one attached hydrogen (secondary N) is 1. The SMILES string of the molecule is CNC(=O)c1cnc(/C=C\c2cc(Cl)c(OC)c(OC)c2)s1. The number of halogens is 1. The van der Waals surface area contributed by atoms with Gasteiger partial charge in [-0.1, -0.05) is 17.7 Å². The molecule has 7 heteroatoms. The first-order chi connectivity index (χ1) is 10.6. The average Bonchev–Trinajstić information content (AvgIpc) is 3.00. The minimum atomic E-state index is -0.147. The molecule has 1 amide bonds. The summed E-state index contributed by atoms with van der Waals surface area (Å²) in [5, 5.41) is 3.75. The third-order valence-corrected chi connectivity index (χ3v) is 4.09. The molecule has 0 aliphatic carbocycles. The monoisotopic (exact) mass is 338 g/mol. The van der Waals surface area contributed by atoms with Crippen LogP contribution >= 0.6 is 22.9 Å². The van der Waals surface area contributed by atoms with Crippen molar-refractivity contribution in [3.8, 4) is 11.5 Å². The maximum Gasteiger partial charge on any atom is 0.262 e. The molecule has 0 radical (unpaired) electrons. The quantitative estimate of drug-likeness (QED) is 0.908. The van der Waals surface area contributed by atoms with Gasteiger partial charge in [0.25, 0.3) is 5.91 Å². The van der Waals surface area contributed by atoms with Gasteiger partial charge in [-0.15, -0.1) is 11.3 Å². The van der Waals surface area contributed by atoms with Crippen LogP contribution < -0.4 is 14.8 Å². The number of hydrogen-bond acceptors (Lipinski definition) is 5. The molecule has 0 saturated carbocycles. The number of amides is 1. The topological polar surface area (TPSA) is 60.5 Å². The molecule has 2 aromatic rings. The summed E-state index contributed by atoms with van der Waals surface area (Å²) in [7, 11) is 4.68. The summed E-state index contributed by atoms with van der Waals surface area (Å²) in [6.45, 7) is 0. The summed E-state index contributed by atoms with van der Waals surface area (Å²) >= 11 is 7.46. The maximum atomic E-state index is 11.5. The van der Waals surface area contributed by atoms with Crippen LogP contribution in [-0.4, -0.2) is 32.2 Å². The molecule has 116 valence electrons. The second-order valence-corrected chi connectivity index (χ2v) is 5.68. The van der Waals surface area contributed by atoms with Crippen LogP contribution in [0.2, 0.25) is 5.02 Å². The molecule has 0 bridgehead atoms. The lowest BCUT2D eigenvalue weighted by Gasteiger charge is -2.10. The van der Waals surface area contributed by atoms with Crippen LogP contribution in [0.5, 0.6) is 11.5 Å². The summed E-state index contributed by atoms with van der Waals surface area (Å²) in [5.41, 5.74) is 0.847. The highest BCUT2D eigenvalue weighted by Crippen LogP contribution is 2.36. The molecule has 0 unspecified atom stereocenters. The van der Waals surface area contributed by atoms with E-state index in [1.54, 1.807) is 26.4 Å². The molecule has 22 heavy (non-hydrogen) atoms. The van der Waals surface area contributed by atoms with Crippen LogP contribution in [-0.2, 0) is 0 Å². The number of methoxy groups -OCH3 is 2. The molecule has 5 nitrogen and oxygen atoms in total. The maximum absolute atomic E-state index is 11.5. The third kappa shape index (κ3) is 3.58. The van der Waals surface area contributed by atoms with Crippen molar-refractivity contribution < 1.29 is 14.3 Å². The Hall–Kier alpha value is -2.05. The first-order valence-electron chi connectivity index (χ1n) is 6.36. The van der Waals surface area contributed by atoms with Gasteiger partial charge in [-0.2, -0.15) is 0 Å². The summed E-state index contributed by atoms with van der Waals surface area (Å²) in [6, 6.07) is 3.58. The van der Waals surface area contributed by atoms with Gasteiger partial charge in [-0.05, 0) is 23.8 Å². The van der Waals surface area contributed by atoms with E-state index in [4.69, 9.17) is 21.1 Å². The zero-order chi connectivity index (χ0) is 16.1. The molecule has 0 saturated heterocycles. The molecule has 1 aromatic carbocycles. The van der Waals surface area contributed by atoms with Crippen LogP contribution in [0.4, 0.5) is 0 Å². The smallest absolute Gasteiger partial charge is 0.262 e. The minimum absolute atomic E-state index is 0.147. The van der Waals surface area contributed by atoms with Crippen molar-refractivity contribution in [1.82, 2.24) is 10.3 Å². The van der Waals surface area contributed by atoms with Gasteiger partial charge in [0.2, 0.25) is 0 Å². The number of rotatable bonds is 5. The van der Waals surface area contributed by atoms with Gasteiger partial charge < -0.3 is 14.8 Å². The lowest BCUT2D eigenvalue weighted by Crippen LogP contribution is -2.16. The lowest BCUT2D eigenvalue weighted by atomic mass is 10.2. The summed E-state index contributed by atoms with van der Waals surface area (Å²) in [6.07, 6.45) is 5.21. The fourth-order valence-electron chi connectivity index (χ4n) is 1.79. The molecular weight excluding hydrogens is 324 g/mol. The fraction of sp³-hybridized carbons (Fsp3) is 0.200. The Kier molecular flexibility index (Phi) is 5.41. The van der Waals surface area contributed by atoms with Gasteiger partial charge >= 0.3 is 0 Å². The number of carbonyl (C=O) groups excluding carboxylic acids is 1. The van der Waals surface area contributed by atoms with Crippen molar-refractivity contribution in [2.45, 2.75) is 0 Å². The molecule has 0 spiro atoms. The Labute approximate surface area is 137 Å². The van der Waals surface area contributed by atoms with E-state index in [1.165, 1.54) is 18.4 Å². The Bertz CT molecular complexity index is 713. The predicted molar refractivity (Wildman–Crippen MR) is 89.0 cm³/mol. The number of nitrogens with zero attached hydrogens (tertiary/aromatic N) is 1. The predicted octanol–water partition coefficient (Wildman–Crippen LogP) is 3.34. The average molecular weight is 339 g/mol. The van der Waals surface area contributed by atoms with E-state index >= 15 is 0 Å². The summed E-state index contributed by atoms with van der Waals surface area (Å²) in [5.74, 6) is 0.906. The third-order valence-electron chi connectivity index (χ3n) is 2.85. The molecule has 0 fully saturated rings. The highest BCUT2D eigenvalue weighted by atomic mass is 35.5. The first-order valence-corrected chi connectivity index (χ1v) is 7.56. The Balaban J connectivity index is 2.25. The molecular formula is C15H15ClN2O3S. The largest absolute Gasteiger partial charge is 0.493 e. The van der Waals surface area contributed by atoms with E-state index in [9.17, 15) is 4.79 Å². The molecule has 1 aromatic heterocycles. The van der Waals surface area contributed by atoms with Crippen molar-refractivity contribution in [3.05, 3.63) is 38.8 Å². The van der Waals surface area contributed by atoms with Gasteiger partial charge in [-0.25, -0.2) is 4.98 Å². The van der Waals surface area contributed by atoms with Crippen molar-refractivity contribution in [2.24, 2.45) is 0 Å². The van der Waals surface area contributed by atoms with Crippen molar-refractivity contribution >= 4 is 41.0 Å². The normalized spacial score (nSPS) is 10.7. The highest BCUT2D eigenvalue weighted by molar-refractivity contribution is 7.14. The van der Waals surface area contributed by atoms with Gasteiger partial charge in [-0.3, -0.25) is 4.79 Å². The van der Waals surface area contributed by atoms with Crippen LogP contribution in [0.1, 0.15) is 20.2 Å². The van der Waals surface area contributed by atoms with Crippen LogP contribution in [0, 0.1) is 0 Å². The number of carbonyl (C=O) groups is 1. The van der Waals surface area contributed by atoms with Gasteiger partial charge in [0.15, 0.2) is 11.5 Å². The highest BCUT2D eigenvalue weighted by Gasteiger charge is 2.10. The zero-order valence-corrected chi connectivity index (χ0v) is 13.9. The zero-order valence-electron chi connectivity index (χ0n) is 12.3. The van der Waals surface area contributed by atoms with Gasteiger partial charge in [0.1, 0.15) is 9.88 Å². The second-order valence-electron chi connectivity index (χ2n) is 4.21. The molecule has 0 aliphatic rings. The van der Waals surface area contributed by atoms with Crippen LogP contribution in [0.3, 0.4) is 0 Å². The van der Waals surface area contributed by atoms with Crippen molar-refractivity contribution in [1.29, 1.82) is 0 Å². The minimum Gasteiger partial charge on any atom is -0.493 e. The first kappa shape index (κ1) is 16.3. The van der Waals surface area contributed by atoms with E-state index in [0.29, 0.717) is 21.4 Å². The second kappa shape index (κ2) is 7.29. The summed E-state index contributed by atoms with van der Waals surface area (Å²) < 4.78 is 10.4.